The first-order valence-electron chi connectivity index (χ1n) is 7.14. The van der Waals surface area contributed by atoms with Crippen LogP contribution in [-0.4, -0.2) is 35.9 Å². The summed E-state index contributed by atoms with van der Waals surface area (Å²) in [5.41, 5.74) is 1.92. The van der Waals surface area contributed by atoms with Gasteiger partial charge < -0.3 is 10.2 Å². The predicted molar refractivity (Wildman–Crippen MR) is 87.8 cm³/mol. The summed E-state index contributed by atoms with van der Waals surface area (Å²) < 4.78 is 0. The van der Waals surface area contributed by atoms with E-state index in [2.05, 4.69) is 10.3 Å². The van der Waals surface area contributed by atoms with Crippen molar-refractivity contribution in [2.24, 2.45) is 0 Å². The van der Waals surface area contributed by atoms with Crippen LogP contribution in [0.15, 0.2) is 30.5 Å². The molecule has 1 aromatic carbocycles. The van der Waals surface area contributed by atoms with E-state index in [1.807, 2.05) is 38.2 Å². The number of nitrogens with zero attached hydrogens (tertiary/aromatic N) is 2. The minimum absolute atomic E-state index is 0.180. The van der Waals surface area contributed by atoms with Gasteiger partial charge in [0, 0.05) is 48.9 Å². The molecule has 21 heavy (non-hydrogen) atoms. The molecule has 2 rings (SSSR count). The summed E-state index contributed by atoms with van der Waals surface area (Å²) in [6, 6.07) is 7.65. The van der Waals surface area contributed by atoms with Crippen LogP contribution >= 0.6 is 11.6 Å². The molecular weight excluding hydrogens is 286 g/mol. The van der Waals surface area contributed by atoms with Crippen LogP contribution < -0.4 is 5.32 Å². The molecule has 2 aromatic rings. The number of amides is 1. The van der Waals surface area contributed by atoms with E-state index >= 15 is 0 Å². The summed E-state index contributed by atoms with van der Waals surface area (Å²) in [6.45, 7) is 3.45. The van der Waals surface area contributed by atoms with Crippen LogP contribution in [0.4, 0.5) is 5.69 Å². The normalized spacial score (nSPS) is 10.6. The number of fused-ring (bicyclic) bond motifs is 1. The van der Waals surface area contributed by atoms with Crippen molar-refractivity contribution in [3.63, 3.8) is 0 Å². The average Bonchev–Trinajstić information content (AvgIpc) is 2.50. The highest BCUT2D eigenvalue weighted by Gasteiger charge is 2.05. The van der Waals surface area contributed by atoms with E-state index < -0.39 is 0 Å². The van der Waals surface area contributed by atoms with Crippen molar-refractivity contribution in [3.8, 4) is 0 Å². The van der Waals surface area contributed by atoms with E-state index in [-0.39, 0.29) is 5.91 Å². The first kappa shape index (κ1) is 15.6. The van der Waals surface area contributed by atoms with Crippen molar-refractivity contribution in [1.29, 1.82) is 0 Å². The lowest BCUT2D eigenvalue weighted by Crippen LogP contribution is -2.27. The van der Waals surface area contributed by atoms with Crippen LogP contribution in [-0.2, 0) is 4.79 Å². The highest BCUT2D eigenvalue weighted by atomic mass is 35.5. The third-order valence-corrected chi connectivity index (χ3v) is 3.65. The van der Waals surface area contributed by atoms with Crippen LogP contribution in [0.3, 0.4) is 0 Å². The van der Waals surface area contributed by atoms with Crippen molar-refractivity contribution in [2.45, 2.75) is 19.8 Å². The van der Waals surface area contributed by atoms with E-state index in [4.69, 9.17) is 11.6 Å². The van der Waals surface area contributed by atoms with Gasteiger partial charge in [-0.05, 0) is 30.7 Å². The standard InChI is InChI=1S/C16H20ClN3O/c1-3-16(21)20(2)10-4-8-18-14-7-9-19-15-11-12(17)5-6-13(14)15/h5-7,9,11H,3-4,8,10H2,1-2H3,(H,18,19). The lowest BCUT2D eigenvalue weighted by molar-refractivity contribution is -0.129. The maximum absolute atomic E-state index is 11.5. The summed E-state index contributed by atoms with van der Waals surface area (Å²) in [4.78, 5) is 17.6. The molecule has 0 saturated heterocycles. The third kappa shape index (κ3) is 4.08. The Hall–Kier alpha value is -1.81. The topological polar surface area (TPSA) is 45.2 Å². The summed E-state index contributed by atoms with van der Waals surface area (Å²) in [5, 5.41) is 5.14. The van der Waals surface area contributed by atoms with Crippen LogP contribution in [0.5, 0.6) is 0 Å². The van der Waals surface area contributed by atoms with Crippen molar-refractivity contribution < 1.29 is 4.79 Å². The Balaban J connectivity index is 1.93. The first-order chi connectivity index (χ1) is 10.1. The third-order valence-electron chi connectivity index (χ3n) is 3.42. The molecule has 0 bridgehead atoms. The van der Waals surface area contributed by atoms with E-state index in [0.717, 1.165) is 36.1 Å². The number of hydrogen-bond acceptors (Lipinski definition) is 3. The lowest BCUT2D eigenvalue weighted by Gasteiger charge is -2.16. The van der Waals surface area contributed by atoms with Gasteiger partial charge in [-0.25, -0.2) is 0 Å². The van der Waals surface area contributed by atoms with Crippen molar-refractivity contribution in [2.75, 3.05) is 25.5 Å². The molecule has 1 aromatic heterocycles. The molecule has 112 valence electrons. The number of benzene rings is 1. The lowest BCUT2D eigenvalue weighted by atomic mass is 10.2. The van der Waals surface area contributed by atoms with Gasteiger partial charge in [0.05, 0.1) is 5.52 Å². The fourth-order valence-corrected chi connectivity index (χ4v) is 2.38. The highest BCUT2D eigenvalue weighted by molar-refractivity contribution is 6.31. The first-order valence-corrected chi connectivity index (χ1v) is 7.51. The number of hydrogen-bond donors (Lipinski definition) is 1. The average molecular weight is 306 g/mol. The van der Waals surface area contributed by atoms with Gasteiger partial charge in [0.2, 0.25) is 5.91 Å². The number of pyridine rings is 1. The fourth-order valence-electron chi connectivity index (χ4n) is 2.21. The van der Waals surface area contributed by atoms with Crippen LogP contribution in [0.25, 0.3) is 10.9 Å². The fraction of sp³-hybridized carbons (Fsp3) is 0.375. The van der Waals surface area contributed by atoms with E-state index in [1.165, 1.54) is 0 Å². The maximum Gasteiger partial charge on any atom is 0.222 e. The number of aromatic nitrogens is 1. The van der Waals surface area contributed by atoms with Gasteiger partial charge in [0.25, 0.3) is 0 Å². The number of carbonyl (C=O) groups excluding carboxylic acids is 1. The summed E-state index contributed by atoms with van der Waals surface area (Å²) in [5.74, 6) is 0.180. The Morgan fingerprint density at radius 2 is 2.19 bits per heavy atom. The quantitative estimate of drug-likeness (QED) is 0.830. The molecule has 0 unspecified atom stereocenters. The Kier molecular flexibility index (Phi) is 5.39. The zero-order valence-electron chi connectivity index (χ0n) is 12.4. The number of nitrogens with one attached hydrogen (secondary N) is 1. The van der Waals surface area contributed by atoms with Gasteiger partial charge in [-0.2, -0.15) is 0 Å². The minimum Gasteiger partial charge on any atom is -0.384 e. The van der Waals surface area contributed by atoms with Gasteiger partial charge in [0.15, 0.2) is 0 Å². The van der Waals surface area contributed by atoms with Gasteiger partial charge in [-0.3, -0.25) is 9.78 Å². The van der Waals surface area contributed by atoms with E-state index in [0.29, 0.717) is 11.4 Å². The SMILES string of the molecule is CCC(=O)N(C)CCCNc1ccnc2cc(Cl)ccc12. The van der Waals surface area contributed by atoms with Gasteiger partial charge in [-0.1, -0.05) is 18.5 Å². The van der Waals surface area contributed by atoms with Gasteiger partial charge in [0.1, 0.15) is 0 Å². The molecule has 0 spiro atoms. The Morgan fingerprint density at radius 1 is 1.38 bits per heavy atom. The number of anilines is 1. The van der Waals surface area contributed by atoms with Crippen molar-refractivity contribution in [1.82, 2.24) is 9.88 Å². The van der Waals surface area contributed by atoms with Crippen molar-refractivity contribution >= 4 is 34.1 Å². The molecular formula is C16H20ClN3O. The van der Waals surface area contributed by atoms with Gasteiger partial charge >= 0.3 is 0 Å². The van der Waals surface area contributed by atoms with Crippen LogP contribution in [0, 0.1) is 0 Å². The van der Waals surface area contributed by atoms with Gasteiger partial charge in [-0.15, -0.1) is 0 Å². The molecule has 0 radical (unpaired) electrons. The Bertz CT molecular complexity index is 630. The second kappa shape index (κ2) is 7.27. The zero-order valence-corrected chi connectivity index (χ0v) is 13.2. The summed E-state index contributed by atoms with van der Waals surface area (Å²) >= 11 is 5.98. The second-order valence-electron chi connectivity index (χ2n) is 4.97. The smallest absolute Gasteiger partial charge is 0.222 e. The molecule has 4 nitrogen and oxygen atoms in total. The molecule has 0 fully saturated rings. The molecule has 5 heteroatoms. The zero-order chi connectivity index (χ0) is 15.2. The second-order valence-corrected chi connectivity index (χ2v) is 5.41. The highest BCUT2D eigenvalue weighted by Crippen LogP contribution is 2.24. The summed E-state index contributed by atoms with van der Waals surface area (Å²) in [6.07, 6.45) is 3.23. The number of carbonyl (C=O) groups is 1. The van der Waals surface area contributed by atoms with Crippen molar-refractivity contribution in [3.05, 3.63) is 35.5 Å². The molecule has 0 saturated carbocycles. The number of rotatable bonds is 6. The van der Waals surface area contributed by atoms with E-state index in [1.54, 1.807) is 11.1 Å². The monoisotopic (exact) mass is 305 g/mol. The molecule has 0 aliphatic heterocycles. The molecule has 0 atom stereocenters. The molecule has 1 heterocycles. The minimum atomic E-state index is 0.180. The molecule has 0 aliphatic rings. The Morgan fingerprint density at radius 3 is 2.95 bits per heavy atom. The van der Waals surface area contributed by atoms with Crippen LogP contribution in [0.1, 0.15) is 19.8 Å². The molecule has 0 aliphatic carbocycles. The molecule has 1 amide bonds. The Labute approximate surface area is 130 Å². The van der Waals surface area contributed by atoms with Crippen LogP contribution in [0.2, 0.25) is 5.02 Å². The molecule has 1 N–H and O–H groups in total. The summed E-state index contributed by atoms with van der Waals surface area (Å²) in [7, 11) is 1.84. The predicted octanol–water partition coefficient (Wildman–Crippen LogP) is 3.56. The largest absolute Gasteiger partial charge is 0.384 e. The number of halogens is 1. The van der Waals surface area contributed by atoms with E-state index in [9.17, 15) is 4.79 Å². The maximum atomic E-state index is 11.5.